The smallest absolute Gasteiger partial charge is 0.263 e. The summed E-state index contributed by atoms with van der Waals surface area (Å²) in [4.78, 5) is 34.4. The zero-order valence-electron chi connectivity index (χ0n) is 21.4. The average molecular weight is 498 g/mol. The maximum Gasteiger partial charge on any atom is 0.263 e. The molecule has 0 atom stereocenters. The number of benzene rings is 1. The SMILES string of the molecule is Cc1cc(NC(=O)C23CC4CC(CC(C4)C2)C3)n(-c2nc3c(cnn3-c3cccc(C)c3C)c(=O)[nH]2)n1. The van der Waals surface area contributed by atoms with Crippen molar-refractivity contribution in [3.05, 3.63) is 57.6 Å². The Morgan fingerprint density at radius 1 is 1.05 bits per heavy atom. The molecule has 9 nitrogen and oxygen atoms in total. The van der Waals surface area contributed by atoms with Crippen LogP contribution in [0.25, 0.3) is 22.7 Å². The second-order valence-corrected chi connectivity index (χ2v) is 11.6. The first-order chi connectivity index (χ1) is 17.8. The first-order valence-electron chi connectivity index (χ1n) is 13.2. The van der Waals surface area contributed by atoms with Gasteiger partial charge in [0.25, 0.3) is 5.56 Å². The van der Waals surface area contributed by atoms with Crippen LogP contribution in [-0.4, -0.2) is 35.4 Å². The Morgan fingerprint density at radius 3 is 2.46 bits per heavy atom. The molecule has 4 aliphatic rings. The lowest BCUT2D eigenvalue weighted by Gasteiger charge is -2.55. The van der Waals surface area contributed by atoms with Crippen LogP contribution >= 0.6 is 0 Å². The molecule has 37 heavy (non-hydrogen) atoms. The zero-order chi connectivity index (χ0) is 25.5. The Labute approximate surface area is 214 Å². The van der Waals surface area contributed by atoms with Gasteiger partial charge in [-0.3, -0.25) is 14.6 Å². The fourth-order valence-corrected chi connectivity index (χ4v) is 7.54. The monoisotopic (exact) mass is 497 g/mol. The minimum absolute atomic E-state index is 0.0802. The molecule has 0 saturated heterocycles. The summed E-state index contributed by atoms with van der Waals surface area (Å²) < 4.78 is 3.23. The van der Waals surface area contributed by atoms with Crippen molar-refractivity contribution in [1.29, 1.82) is 0 Å². The van der Waals surface area contributed by atoms with Gasteiger partial charge in [-0.2, -0.15) is 19.9 Å². The van der Waals surface area contributed by atoms with Crippen molar-refractivity contribution >= 4 is 22.8 Å². The summed E-state index contributed by atoms with van der Waals surface area (Å²) in [6.45, 7) is 5.94. The third-order valence-corrected chi connectivity index (χ3v) is 9.02. The van der Waals surface area contributed by atoms with Crippen LogP contribution in [0.1, 0.15) is 55.3 Å². The highest BCUT2D eigenvalue weighted by Crippen LogP contribution is 2.60. The topological polar surface area (TPSA) is 110 Å². The zero-order valence-corrected chi connectivity index (χ0v) is 21.4. The highest BCUT2D eigenvalue weighted by Gasteiger charge is 2.54. The molecule has 190 valence electrons. The summed E-state index contributed by atoms with van der Waals surface area (Å²) >= 11 is 0. The lowest BCUT2D eigenvalue weighted by atomic mass is 9.49. The predicted octanol–water partition coefficient (Wildman–Crippen LogP) is 4.37. The second kappa shape index (κ2) is 7.87. The maximum absolute atomic E-state index is 13.7. The van der Waals surface area contributed by atoms with Gasteiger partial charge in [-0.25, -0.2) is 4.68 Å². The van der Waals surface area contributed by atoms with Gasteiger partial charge in [0.2, 0.25) is 11.9 Å². The van der Waals surface area contributed by atoms with E-state index in [4.69, 9.17) is 4.98 Å². The van der Waals surface area contributed by atoms with Crippen LogP contribution in [0.3, 0.4) is 0 Å². The molecular formula is C28H31N7O2. The Bertz CT molecular complexity index is 1590. The fourth-order valence-electron chi connectivity index (χ4n) is 7.54. The molecule has 0 radical (unpaired) electrons. The van der Waals surface area contributed by atoms with Crippen molar-refractivity contribution in [1.82, 2.24) is 29.5 Å². The fraction of sp³-hybridized carbons (Fsp3) is 0.464. The van der Waals surface area contributed by atoms with Crippen molar-refractivity contribution in [2.45, 2.75) is 59.3 Å². The van der Waals surface area contributed by atoms with Gasteiger partial charge in [0.05, 0.1) is 23.0 Å². The number of aromatic nitrogens is 6. The van der Waals surface area contributed by atoms with E-state index in [0.717, 1.165) is 41.8 Å². The molecule has 1 amide bonds. The van der Waals surface area contributed by atoms with Gasteiger partial charge in [-0.15, -0.1) is 0 Å². The molecule has 8 rings (SSSR count). The molecule has 9 heteroatoms. The molecule has 1 aromatic carbocycles. The van der Waals surface area contributed by atoms with Crippen molar-refractivity contribution in [2.75, 3.05) is 5.32 Å². The normalized spacial score (nSPS) is 26.2. The van der Waals surface area contributed by atoms with Crippen molar-refractivity contribution in [2.24, 2.45) is 23.2 Å². The van der Waals surface area contributed by atoms with Gasteiger partial charge >= 0.3 is 0 Å². The van der Waals surface area contributed by atoms with E-state index in [0.29, 0.717) is 34.6 Å². The molecule has 2 N–H and O–H groups in total. The standard InChI is InChI=1S/C28H31N7O2/c1-15-5-4-6-22(17(15)3)34-24-21(14-29-34)25(36)32-27(31-24)35-23(7-16(2)33-35)30-26(37)28-11-18-8-19(12-28)10-20(9-18)13-28/h4-7,14,18-20H,8-13H2,1-3H3,(H,30,37)(H,31,32,36). The summed E-state index contributed by atoms with van der Waals surface area (Å²) in [5, 5.41) is 12.7. The van der Waals surface area contributed by atoms with E-state index >= 15 is 0 Å². The molecule has 4 aliphatic carbocycles. The van der Waals surface area contributed by atoms with E-state index in [1.807, 2.05) is 45.0 Å². The first-order valence-corrected chi connectivity index (χ1v) is 13.2. The number of carbonyl (C=O) groups is 1. The number of amides is 1. The van der Waals surface area contributed by atoms with E-state index in [1.54, 1.807) is 4.68 Å². The van der Waals surface area contributed by atoms with E-state index in [-0.39, 0.29) is 22.8 Å². The average Bonchev–Trinajstić information content (AvgIpc) is 3.43. The molecule has 4 saturated carbocycles. The predicted molar refractivity (Wildman–Crippen MR) is 140 cm³/mol. The quantitative estimate of drug-likeness (QED) is 0.435. The third-order valence-electron chi connectivity index (χ3n) is 9.02. The van der Waals surface area contributed by atoms with Crippen LogP contribution in [0.2, 0.25) is 0 Å². The maximum atomic E-state index is 13.7. The number of carbonyl (C=O) groups excluding carboxylic acids is 1. The van der Waals surface area contributed by atoms with Crippen LogP contribution in [-0.2, 0) is 4.79 Å². The van der Waals surface area contributed by atoms with Crippen LogP contribution in [0.4, 0.5) is 5.82 Å². The first kappa shape index (κ1) is 22.4. The molecule has 0 aliphatic heterocycles. The van der Waals surface area contributed by atoms with Crippen molar-refractivity contribution < 1.29 is 4.79 Å². The number of anilines is 1. The molecule has 4 aromatic rings. The van der Waals surface area contributed by atoms with E-state index < -0.39 is 0 Å². The number of fused-ring (bicyclic) bond motifs is 1. The van der Waals surface area contributed by atoms with Gasteiger partial charge < -0.3 is 5.32 Å². The molecule has 0 spiro atoms. The number of nitrogens with one attached hydrogen (secondary N) is 2. The summed E-state index contributed by atoms with van der Waals surface area (Å²) in [5.41, 5.74) is 3.64. The number of H-pyrrole nitrogens is 1. The van der Waals surface area contributed by atoms with Gasteiger partial charge in [0.1, 0.15) is 11.2 Å². The number of aryl methyl sites for hydroxylation is 2. The largest absolute Gasteiger partial charge is 0.310 e. The number of hydrogen-bond donors (Lipinski definition) is 2. The molecule has 0 unspecified atom stereocenters. The summed E-state index contributed by atoms with van der Waals surface area (Å²) in [6.07, 6.45) is 8.32. The van der Waals surface area contributed by atoms with Crippen molar-refractivity contribution in [3.8, 4) is 11.6 Å². The lowest BCUT2D eigenvalue weighted by Crippen LogP contribution is -2.51. The van der Waals surface area contributed by atoms with Crippen LogP contribution < -0.4 is 10.9 Å². The highest BCUT2D eigenvalue weighted by atomic mass is 16.2. The summed E-state index contributed by atoms with van der Waals surface area (Å²) in [7, 11) is 0. The Balaban J connectivity index is 1.28. The molecule has 4 bridgehead atoms. The van der Waals surface area contributed by atoms with E-state index in [9.17, 15) is 9.59 Å². The van der Waals surface area contributed by atoms with E-state index in [2.05, 4.69) is 20.5 Å². The van der Waals surface area contributed by atoms with Crippen LogP contribution in [0.15, 0.2) is 35.3 Å². The van der Waals surface area contributed by atoms with E-state index in [1.165, 1.54) is 30.1 Å². The third kappa shape index (κ3) is 3.47. The lowest BCUT2D eigenvalue weighted by molar-refractivity contribution is -0.140. The molecular weight excluding hydrogens is 466 g/mol. The minimum atomic E-state index is -0.303. The van der Waals surface area contributed by atoms with Gasteiger partial charge in [-0.05, 0) is 94.2 Å². The van der Waals surface area contributed by atoms with Gasteiger partial charge in [0, 0.05) is 6.07 Å². The number of rotatable bonds is 4. The Kier molecular flexibility index (Phi) is 4.78. The minimum Gasteiger partial charge on any atom is -0.310 e. The van der Waals surface area contributed by atoms with Gasteiger partial charge in [-0.1, -0.05) is 12.1 Å². The molecule has 3 aromatic heterocycles. The second-order valence-electron chi connectivity index (χ2n) is 11.6. The molecule has 4 fully saturated rings. The van der Waals surface area contributed by atoms with Crippen LogP contribution in [0, 0.1) is 43.9 Å². The highest BCUT2D eigenvalue weighted by molar-refractivity contribution is 5.95. The van der Waals surface area contributed by atoms with Crippen molar-refractivity contribution in [3.63, 3.8) is 0 Å². The number of hydrogen-bond acceptors (Lipinski definition) is 5. The molecule has 3 heterocycles. The number of nitrogens with zero attached hydrogens (tertiary/aromatic N) is 5. The van der Waals surface area contributed by atoms with Gasteiger partial charge in [0.15, 0.2) is 5.65 Å². The number of aromatic amines is 1. The Morgan fingerprint density at radius 2 is 1.76 bits per heavy atom. The van der Waals surface area contributed by atoms with Crippen LogP contribution in [0.5, 0.6) is 0 Å². The Hall–Kier alpha value is -3.75. The summed E-state index contributed by atoms with van der Waals surface area (Å²) in [5.74, 6) is 2.88. The summed E-state index contributed by atoms with van der Waals surface area (Å²) in [6, 6.07) is 7.81.